The third-order valence-corrected chi connectivity index (χ3v) is 4.45. The lowest BCUT2D eigenvalue weighted by Gasteiger charge is -2.41. The van der Waals surface area contributed by atoms with Gasteiger partial charge >= 0.3 is 0 Å². The fourth-order valence-electron chi connectivity index (χ4n) is 3.55. The Morgan fingerprint density at radius 3 is 2.76 bits per heavy atom. The van der Waals surface area contributed by atoms with Crippen molar-refractivity contribution in [2.24, 2.45) is 5.92 Å². The van der Waals surface area contributed by atoms with Crippen molar-refractivity contribution in [3.8, 4) is 0 Å². The maximum absolute atomic E-state index is 5.32. The number of hydrogen-bond donors (Lipinski definition) is 1. The highest BCUT2D eigenvalue weighted by atomic mass is 16.5. The van der Waals surface area contributed by atoms with Gasteiger partial charge in [-0.25, -0.2) is 0 Å². The minimum atomic E-state index is 0.422. The van der Waals surface area contributed by atoms with Crippen molar-refractivity contribution in [3.63, 3.8) is 0 Å². The number of methoxy groups -OCH3 is 1. The van der Waals surface area contributed by atoms with Gasteiger partial charge in [0.15, 0.2) is 0 Å². The van der Waals surface area contributed by atoms with Crippen molar-refractivity contribution < 1.29 is 4.74 Å². The summed E-state index contributed by atoms with van der Waals surface area (Å²) in [5, 5.41) is 3.56. The molecular weight excluding hydrogens is 260 g/mol. The molecule has 118 valence electrons. The average Bonchev–Trinajstić information content (AvgIpc) is 2.50. The predicted octanol–water partition coefficient (Wildman–Crippen LogP) is 2.87. The Hall–Kier alpha value is -0.900. The molecule has 2 unspecified atom stereocenters. The molecule has 1 aromatic rings. The highest BCUT2D eigenvalue weighted by Gasteiger charge is 2.32. The van der Waals surface area contributed by atoms with Crippen molar-refractivity contribution in [1.82, 2.24) is 10.2 Å². The van der Waals surface area contributed by atoms with Gasteiger partial charge in [0, 0.05) is 32.3 Å². The maximum atomic E-state index is 5.32. The Balaban J connectivity index is 2.19. The van der Waals surface area contributed by atoms with Gasteiger partial charge in [0.2, 0.25) is 0 Å². The second-order valence-electron chi connectivity index (χ2n) is 6.45. The third kappa shape index (κ3) is 4.06. The molecule has 0 radical (unpaired) electrons. The van der Waals surface area contributed by atoms with E-state index in [0.29, 0.717) is 18.0 Å². The summed E-state index contributed by atoms with van der Waals surface area (Å²) in [6.45, 7) is 7.55. The fourth-order valence-corrected chi connectivity index (χ4v) is 3.55. The first-order valence-corrected chi connectivity index (χ1v) is 8.15. The molecule has 0 aliphatic heterocycles. The summed E-state index contributed by atoms with van der Waals surface area (Å²) in [6.07, 6.45) is 2.40. The number of nitrogens with zero attached hydrogens (tertiary/aromatic N) is 1. The van der Waals surface area contributed by atoms with Crippen LogP contribution in [0.25, 0.3) is 0 Å². The summed E-state index contributed by atoms with van der Waals surface area (Å²) in [6, 6.07) is 9.86. The lowest BCUT2D eigenvalue weighted by Crippen LogP contribution is -2.48. The molecular formula is C18H30N2O. The molecule has 0 heterocycles. The summed E-state index contributed by atoms with van der Waals surface area (Å²) >= 11 is 0. The van der Waals surface area contributed by atoms with Gasteiger partial charge in [0.25, 0.3) is 0 Å². The first-order valence-electron chi connectivity index (χ1n) is 8.15. The molecule has 0 fully saturated rings. The van der Waals surface area contributed by atoms with Gasteiger partial charge in [-0.3, -0.25) is 4.90 Å². The summed E-state index contributed by atoms with van der Waals surface area (Å²) in [5.41, 5.74) is 2.98. The van der Waals surface area contributed by atoms with Crippen LogP contribution in [0.4, 0.5) is 0 Å². The number of aryl methyl sites for hydroxylation is 1. The van der Waals surface area contributed by atoms with Crippen LogP contribution in [0.2, 0.25) is 0 Å². The monoisotopic (exact) mass is 290 g/mol. The van der Waals surface area contributed by atoms with Crippen LogP contribution in [0.15, 0.2) is 24.3 Å². The van der Waals surface area contributed by atoms with Gasteiger partial charge in [0.1, 0.15) is 0 Å². The predicted molar refractivity (Wildman–Crippen MR) is 88.6 cm³/mol. The Morgan fingerprint density at radius 1 is 1.33 bits per heavy atom. The van der Waals surface area contributed by atoms with Crippen LogP contribution < -0.4 is 5.32 Å². The lowest BCUT2D eigenvalue weighted by molar-refractivity contribution is 0.0854. The number of benzene rings is 1. The standard InChI is InChI=1S/C18H30N2O/c1-14(2)13-20(11-12-21-4)17-10-9-15-7-5-6-8-16(15)18(17)19-3/h5-8,14,17-19H,9-13H2,1-4H3. The van der Waals surface area contributed by atoms with Crippen LogP contribution in [-0.2, 0) is 11.2 Å². The highest BCUT2D eigenvalue weighted by molar-refractivity contribution is 5.34. The molecule has 0 bridgehead atoms. The minimum Gasteiger partial charge on any atom is -0.383 e. The number of rotatable bonds is 7. The molecule has 2 rings (SSSR count). The van der Waals surface area contributed by atoms with Gasteiger partial charge in [-0.1, -0.05) is 38.1 Å². The van der Waals surface area contributed by atoms with Gasteiger partial charge in [-0.2, -0.15) is 0 Å². The van der Waals surface area contributed by atoms with Crippen LogP contribution in [-0.4, -0.2) is 44.8 Å². The molecule has 2 atom stereocenters. The van der Waals surface area contributed by atoms with E-state index in [9.17, 15) is 0 Å². The molecule has 3 heteroatoms. The summed E-state index contributed by atoms with van der Waals surface area (Å²) < 4.78 is 5.32. The summed E-state index contributed by atoms with van der Waals surface area (Å²) in [7, 11) is 3.88. The van der Waals surface area contributed by atoms with Gasteiger partial charge < -0.3 is 10.1 Å². The topological polar surface area (TPSA) is 24.5 Å². The average molecular weight is 290 g/mol. The van der Waals surface area contributed by atoms with Crippen LogP contribution in [0.1, 0.15) is 37.4 Å². The molecule has 0 aromatic heterocycles. The molecule has 1 N–H and O–H groups in total. The van der Waals surface area contributed by atoms with Gasteiger partial charge in [-0.05, 0) is 36.9 Å². The van der Waals surface area contributed by atoms with Crippen LogP contribution >= 0.6 is 0 Å². The third-order valence-electron chi connectivity index (χ3n) is 4.45. The molecule has 0 spiro atoms. The lowest BCUT2D eigenvalue weighted by atomic mass is 9.83. The maximum Gasteiger partial charge on any atom is 0.0589 e. The molecule has 1 aliphatic rings. The van der Waals surface area contributed by atoms with Gasteiger partial charge in [0.05, 0.1) is 6.61 Å². The number of hydrogen-bond acceptors (Lipinski definition) is 3. The van der Waals surface area contributed by atoms with E-state index in [2.05, 4.69) is 55.4 Å². The molecule has 0 amide bonds. The van der Waals surface area contributed by atoms with E-state index in [4.69, 9.17) is 4.74 Å². The summed E-state index contributed by atoms with van der Waals surface area (Å²) in [4.78, 5) is 2.62. The normalized spacial score (nSPS) is 21.8. The van der Waals surface area contributed by atoms with E-state index in [1.807, 2.05) is 0 Å². The molecule has 21 heavy (non-hydrogen) atoms. The number of ether oxygens (including phenoxy) is 1. The molecule has 1 aromatic carbocycles. The Labute approximate surface area is 129 Å². The Morgan fingerprint density at radius 2 is 2.10 bits per heavy atom. The number of nitrogens with one attached hydrogen (secondary N) is 1. The minimum absolute atomic E-state index is 0.422. The van der Waals surface area contributed by atoms with E-state index in [-0.39, 0.29) is 0 Å². The Bertz CT molecular complexity index is 433. The Kier molecular flexibility index (Phi) is 6.22. The van der Waals surface area contributed by atoms with Crippen LogP contribution in [0.5, 0.6) is 0 Å². The van der Waals surface area contributed by atoms with E-state index < -0.39 is 0 Å². The molecule has 1 aliphatic carbocycles. The van der Waals surface area contributed by atoms with Crippen molar-refractivity contribution >= 4 is 0 Å². The summed E-state index contributed by atoms with van der Waals surface area (Å²) in [5.74, 6) is 0.677. The molecule has 0 saturated carbocycles. The van der Waals surface area contributed by atoms with Crippen molar-refractivity contribution in [3.05, 3.63) is 35.4 Å². The van der Waals surface area contributed by atoms with E-state index >= 15 is 0 Å². The number of likely N-dealkylation sites (N-methyl/N-ethyl adjacent to an activating group) is 1. The zero-order valence-corrected chi connectivity index (χ0v) is 13.9. The van der Waals surface area contributed by atoms with E-state index in [1.165, 1.54) is 24.0 Å². The highest BCUT2D eigenvalue weighted by Crippen LogP contribution is 2.33. The first kappa shape index (κ1) is 16.5. The van der Waals surface area contributed by atoms with Crippen molar-refractivity contribution in [1.29, 1.82) is 0 Å². The zero-order valence-electron chi connectivity index (χ0n) is 13.9. The fraction of sp³-hybridized carbons (Fsp3) is 0.667. The van der Waals surface area contributed by atoms with Crippen LogP contribution in [0, 0.1) is 5.92 Å². The van der Waals surface area contributed by atoms with E-state index in [1.54, 1.807) is 7.11 Å². The molecule has 3 nitrogen and oxygen atoms in total. The smallest absolute Gasteiger partial charge is 0.0589 e. The zero-order chi connectivity index (χ0) is 15.2. The second-order valence-corrected chi connectivity index (χ2v) is 6.45. The largest absolute Gasteiger partial charge is 0.383 e. The molecule has 0 saturated heterocycles. The quantitative estimate of drug-likeness (QED) is 0.835. The second kappa shape index (κ2) is 7.92. The van der Waals surface area contributed by atoms with E-state index in [0.717, 1.165) is 19.7 Å². The SMILES string of the molecule is CNC1c2ccccc2CCC1N(CCOC)CC(C)C. The number of fused-ring (bicyclic) bond motifs is 1. The van der Waals surface area contributed by atoms with Crippen LogP contribution in [0.3, 0.4) is 0 Å². The van der Waals surface area contributed by atoms with Crippen molar-refractivity contribution in [2.75, 3.05) is 33.9 Å². The van der Waals surface area contributed by atoms with Gasteiger partial charge in [-0.15, -0.1) is 0 Å². The van der Waals surface area contributed by atoms with Crippen molar-refractivity contribution in [2.45, 2.75) is 38.8 Å². The first-order chi connectivity index (χ1) is 10.2.